The van der Waals surface area contributed by atoms with Gasteiger partial charge in [0.1, 0.15) is 12.3 Å². The average molecular weight is 257 g/mol. The van der Waals surface area contributed by atoms with Crippen LogP contribution in [0.1, 0.15) is 25.5 Å². The predicted molar refractivity (Wildman–Crippen MR) is 65.9 cm³/mol. The van der Waals surface area contributed by atoms with Gasteiger partial charge in [-0.1, -0.05) is 18.5 Å². The van der Waals surface area contributed by atoms with E-state index >= 15 is 0 Å². The van der Waals surface area contributed by atoms with E-state index in [1.807, 2.05) is 6.92 Å². The molecule has 7 heteroatoms. The molecular formula is C10H15N3O3S. The van der Waals surface area contributed by atoms with Crippen molar-refractivity contribution < 1.29 is 14.4 Å². The molecule has 0 aliphatic carbocycles. The molecule has 0 radical (unpaired) electrons. The number of carbonyl (C=O) groups excluding carboxylic acids is 1. The second kappa shape index (κ2) is 6.85. The minimum atomic E-state index is -0.591. The minimum absolute atomic E-state index is 0.0385. The van der Waals surface area contributed by atoms with Crippen molar-refractivity contribution in [3.8, 4) is 0 Å². The maximum absolute atomic E-state index is 11.5. The first kappa shape index (κ1) is 13.4. The van der Waals surface area contributed by atoms with E-state index < -0.39 is 5.97 Å². The van der Waals surface area contributed by atoms with Crippen LogP contribution in [0.4, 0.5) is 5.13 Å². The van der Waals surface area contributed by atoms with Crippen molar-refractivity contribution in [2.75, 3.05) is 19.5 Å². The number of ether oxygens (including phenoxy) is 1. The first-order valence-corrected chi connectivity index (χ1v) is 6.06. The maximum atomic E-state index is 11.5. The van der Waals surface area contributed by atoms with Gasteiger partial charge in [-0.05, 0) is 6.42 Å². The molecular weight excluding hydrogens is 242 g/mol. The number of anilines is 1. The van der Waals surface area contributed by atoms with Gasteiger partial charge in [-0.25, -0.2) is 9.78 Å². The van der Waals surface area contributed by atoms with Gasteiger partial charge >= 0.3 is 5.97 Å². The molecule has 0 spiro atoms. The number of nitrogens with two attached hydrogens (primary N) is 1. The molecule has 0 aromatic carbocycles. The molecule has 0 unspecified atom stereocenters. The summed E-state index contributed by atoms with van der Waals surface area (Å²) in [6, 6.07) is 0. The Balaban J connectivity index is 2.77. The van der Waals surface area contributed by atoms with Crippen LogP contribution < -0.4 is 5.73 Å². The smallest absolute Gasteiger partial charge is 0.362 e. The zero-order valence-electron chi connectivity index (χ0n) is 9.80. The summed E-state index contributed by atoms with van der Waals surface area (Å²) < 4.78 is 4.61. The van der Waals surface area contributed by atoms with Crippen LogP contribution in [-0.4, -0.2) is 30.4 Å². The third-order valence-electron chi connectivity index (χ3n) is 1.89. The lowest BCUT2D eigenvalue weighted by molar-refractivity contribution is -0.132. The number of nitrogen functional groups attached to an aromatic ring is 1. The fourth-order valence-electron chi connectivity index (χ4n) is 1.00. The monoisotopic (exact) mass is 257 g/mol. The number of thiazole rings is 1. The SMILES string of the molecule is CCCCO/N=C(\C(=O)OC)c1csc(N)n1. The van der Waals surface area contributed by atoms with E-state index in [0.717, 1.165) is 12.8 Å². The highest BCUT2D eigenvalue weighted by Crippen LogP contribution is 2.12. The van der Waals surface area contributed by atoms with Crippen molar-refractivity contribution in [3.63, 3.8) is 0 Å². The number of hydrogen-bond donors (Lipinski definition) is 1. The van der Waals surface area contributed by atoms with Crippen LogP contribution in [0.5, 0.6) is 0 Å². The zero-order valence-corrected chi connectivity index (χ0v) is 10.6. The lowest BCUT2D eigenvalue weighted by Gasteiger charge is -2.02. The number of unbranched alkanes of at least 4 members (excludes halogenated alkanes) is 1. The number of oxime groups is 1. The van der Waals surface area contributed by atoms with Gasteiger partial charge in [-0.2, -0.15) is 0 Å². The van der Waals surface area contributed by atoms with E-state index in [-0.39, 0.29) is 5.71 Å². The molecule has 0 amide bonds. The van der Waals surface area contributed by atoms with Crippen LogP contribution in [0.15, 0.2) is 10.5 Å². The van der Waals surface area contributed by atoms with Gasteiger partial charge in [0.25, 0.3) is 0 Å². The fourth-order valence-corrected chi connectivity index (χ4v) is 1.55. The molecule has 2 N–H and O–H groups in total. The van der Waals surface area contributed by atoms with Gasteiger partial charge in [-0.3, -0.25) is 0 Å². The molecule has 1 rings (SSSR count). The quantitative estimate of drug-likeness (QED) is 0.360. The summed E-state index contributed by atoms with van der Waals surface area (Å²) in [6.45, 7) is 2.49. The highest BCUT2D eigenvalue weighted by molar-refractivity contribution is 7.13. The number of rotatable bonds is 6. The van der Waals surface area contributed by atoms with Crippen LogP contribution >= 0.6 is 11.3 Å². The van der Waals surface area contributed by atoms with Crippen LogP contribution in [0.2, 0.25) is 0 Å². The highest BCUT2D eigenvalue weighted by atomic mass is 32.1. The van der Waals surface area contributed by atoms with E-state index in [1.165, 1.54) is 18.4 Å². The van der Waals surface area contributed by atoms with Gasteiger partial charge in [0.15, 0.2) is 5.13 Å². The second-order valence-corrected chi connectivity index (χ2v) is 4.08. The van der Waals surface area contributed by atoms with Gasteiger partial charge < -0.3 is 15.3 Å². The van der Waals surface area contributed by atoms with Gasteiger partial charge in [0.2, 0.25) is 5.71 Å². The van der Waals surface area contributed by atoms with E-state index in [2.05, 4.69) is 14.9 Å². The number of esters is 1. The first-order valence-electron chi connectivity index (χ1n) is 5.18. The summed E-state index contributed by atoms with van der Waals surface area (Å²) >= 11 is 1.23. The standard InChI is InChI=1S/C10H15N3O3S/c1-3-4-5-16-13-8(9(14)15-2)7-6-17-10(11)12-7/h6H,3-5H2,1-2H3,(H2,11,12)/b13-8-. The Morgan fingerprint density at radius 3 is 2.94 bits per heavy atom. The molecule has 94 valence electrons. The zero-order chi connectivity index (χ0) is 12.7. The normalized spacial score (nSPS) is 11.3. The van der Waals surface area contributed by atoms with Crippen LogP contribution in [0, 0.1) is 0 Å². The lowest BCUT2D eigenvalue weighted by Crippen LogP contribution is -2.18. The van der Waals surface area contributed by atoms with Crippen molar-refractivity contribution in [2.45, 2.75) is 19.8 Å². The molecule has 0 fully saturated rings. The maximum Gasteiger partial charge on any atom is 0.362 e. The number of aromatic nitrogens is 1. The van der Waals surface area contributed by atoms with Crippen molar-refractivity contribution in [2.24, 2.45) is 5.16 Å². The Hall–Kier alpha value is -1.63. The summed E-state index contributed by atoms with van der Waals surface area (Å²) in [5.74, 6) is -0.591. The topological polar surface area (TPSA) is 86.8 Å². The highest BCUT2D eigenvalue weighted by Gasteiger charge is 2.18. The largest absolute Gasteiger partial charge is 0.464 e. The van der Waals surface area contributed by atoms with E-state index in [0.29, 0.717) is 17.4 Å². The van der Waals surface area contributed by atoms with Crippen molar-refractivity contribution in [3.05, 3.63) is 11.1 Å². The summed E-state index contributed by atoms with van der Waals surface area (Å²) in [5, 5.41) is 5.75. The molecule has 17 heavy (non-hydrogen) atoms. The second-order valence-electron chi connectivity index (χ2n) is 3.19. The molecule has 0 atom stereocenters. The molecule has 6 nitrogen and oxygen atoms in total. The van der Waals surface area contributed by atoms with E-state index in [4.69, 9.17) is 10.6 Å². The summed E-state index contributed by atoms with van der Waals surface area (Å²) in [4.78, 5) is 20.5. The summed E-state index contributed by atoms with van der Waals surface area (Å²) in [6.07, 6.45) is 1.86. The van der Waals surface area contributed by atoms with E-state index in [9.17, 15) is 4.79 Å². The van der Waals surface area contributed by atoms with Crippen LogP contribution in [0.3, 0.4) is 0 Å². The Morgan fingerprint density at radius 2 is 2.41 bits per heavy atom. The van der Waals surface area contributed by atoms with E-state index in [1.54, 1.807) is 5.38 Å². The number of hydrogen-bond acceptors (Lipinski definition) is 7. The summed E-state index contributed by atoms with van der Waals surface area (Å²) in [5.41, 5.74) is 5.90. The Bertz CT molecular complexity index is 403. The molecule has 0 aliphatic heterocycles. The third kappa shape index (κ3) is 4.03. The third-order valence-corrected chi connectivity index (χ3v) is 2.56. The minimum Gasteiger partial charge on any atom is -0.464 e. The molecule has 0 bridgehead atoms. The molecule has 1 heterocycles. The molecule has 0 saturated heterocycles. The number of methoxy groups -OCH3 is 1. The van der Waals surface area contributed by atoms with Crippen molar-refractivity contribution >= 4 is 28.1 Å². The van der Waals surface area contributed by atoms with Crippen LogP contribution in [-0.2, 0) is 14.4 Å². The van der Waals surface area contributed by atoms with Gasteiger partial charge in [0.05, 0.1) is 7.11 Å². The fraction of sp³-hybridized carbons (Fsp3) is 0.500. The molecule has 0 saturated carbocycles. The summed E-state index contributed by atoms with van der Waals surface area (Å²) in [7, 11) is 1.28. The Labute approximate surface area is 103 Å². The van der Waals surface area contributed by atoms with Crippen LogP contribution in [0.25, 0.3) is 0 Å². The number of carbonyl (C=O) groups is 1. The van der Waals surface area contributed by atoms with Crippen molar-refractivity contribution in [1.82, 2.24) is 4.98 Å². The number of nitrogens with zero attached hydrogens (tertiary/aromatic N) is 2. The molecule has 0 aliphatic rings. The Morgan fingerprint density at radius 1 is 1.65 bits per heavy atom. The first-order chi connectivity index (χ1) is 8.19. The molecule has 1 aromatic heterocycles. The Kier molecular flexibility index (Phi) is 5.41. The predicted octanol–water partition coefficient (Wildman–Crippen LogP) is 1.42. The van der Waals surface area contributed by atoms with Gasteiger partial charge in [-0.15, -0.1) is 11.3 Å². The lowest BCUT2D eigenvalue weighted by atomic mass is 10.3. The van der Waals surface area contributed by atoms with Gasteiger partial charge in [0, 0.05) is 5.38 Å². The molecule has 1 aromatic rings. The van der Waals surface area contributed by atoms with Crippen molar-refractivity contribution in [1.29, 1.82) is 0 Å². The average Bonchev–Trinajstić information content (AvgIpc) is 2.75.